The summed E-state index contributed by atoms with van der Waals surface area (Å²) in [6, 6.07) is 6.28. The number of aryl methyl sites for hydroxylation is 1. The summed E-state index contributed by atoms with van der Waals surface area (Å²) in [5, 5.41) is 3.28. The Kier molecular flexibility index (Phi) is 3.58. The third-order valence-corrected chi connectivity index (χ3v) is 3.73. The van der Waals surface area contributed by atoms with Crippen molar-refractivity contribution in [3.63, 3.8) is 0 Å². The van der Waals surface area contributed by atoms with Gasteiger partial charge in [0.25, 0.3) is 0 Å². The van der Waals surface area contributed by atoms with Crippen molar-refractivity contribution in [2.75, 3.05) is 6.54 Å². The molecule has 1 aromatic carbocycles. The largest absolute Gasteiger partial charge is 0.307 e. The lowest BCUT2D eigenvalue weighted by atomic mass is 9.84. The van der Waals surface area contributed by atoms with Gasteiger partial charge in [-0.25, -0.2) is 0 Å². The van der Waals surface area contributed by atoms with Crippen molar-refractivity contribution in [1.29, 1.82) is 0 Å². The molecular weight excluding hydrogens is 222 g/mol. The maximum absolute atomic E-state index is 12.4. The number of hydrogen-bond donors (Lipinski definition) is 1. The second kappa shape index (κ2) is 4.85. The molecule has 0 spiro atoms. The van der Waals surface area contributed by atoms with Crippen molar-refractivity contribution >= 4 is 5.78 Å². The van der Waals surface area contributed by atoms with Crippen LogP contribution < -0.4 is 5.32 Å². The Morgan fingerprint density at radius 2 is 2.06 bits per heavy atom. The standard InChI is InChI=1S/C16H23NO/c1-11-10-12(16(2,3)4)7-8-13(11)15(18)14-6-5-9-17-14/h7-8,10,14,17H,5-6,9H2,1-4H3. The van der Waals surface area contributed by atoms with Crippen molar-refractivity contribution in [3.05, 3.63) is 34.9 Å². The van der Waals surface area contributed by atoms with Crippen LogP contribution in [0, 0.1) is 6.92 Å². The molecule has 0 aliphatic carbocycles. The quantitative estimate of drug-likeness (QED) is 0.811. The van der Waals surface area contributed by atoms with Crippen LogP contribution in [0.3, 0.4) is 0 Å². The lowest BCUT2D eigenvalue weighted by molar-refractivity contribution is 0.0951. The van der Waals surface area contributed by atoms with Crippen molar-refractivity contribution in [2.24, 2.45) is 0 Å². The van der Waals surface area contributed by atoms with E-state index in [1.54, 1.807) is 0 Å². The Morgan fingerprint density at radius 3 is 2.56 bits per heavy atom. The molecule has 1 aliphatic rings. The monoisotopic (exact) mass is 245 g/mol. The fraction of sp³-hybridized carbons (Fsp3) is 0.562. The van der Waals surface area contributed by atoms with E-state index in [0.717, 1.165) is 30.5 Å². The first kappa shape index (κ1) is 13.3. The summed E-state index contributed by atoms with van der Waals surface area (Å²) in [4.78, 5) is 12.4. The van der Waals surface area contributed by atoms with Crippen molar-refractivity contribution < 1.29 is 4.79 Å². The van der Waals surface area contributed by atoms with E-state index in [0.29, 0.717) is 0 Å². The lowest BCUT2D eigenvalue weighted by Crippen LogP contribution is -2.31. The van der Waals surface area contributed by atoms with Gasteiger partial charge in [-0.2, -0.15) is 0 Å². The number of carbonyl (C=O) groups excluding carboxylic acids is 1. The molecule has 1 fully saturated rings. The molecule has 98 valence electrons. The normalized spacial score (nSPS) is 20.1. The second-order valence-electron chi connectivity index (χ2n) is 6.29. The van der Waals surface area contributed by atoms with E-state index in [1.807, 2.05) is 13.0 Å². The van der Waals surface area contributed by atoms with E-state index in [1.165, 1.54) is 5.56 Å². The SMILES string of the molecule is Cc1cc(C(C)(C)C)ccc1C(=O)C1CCCN1. The maximum Gasteiger partial charge on any atom is 0.179 e. The van der Waals surface area contributed by atoms with Gasteiger partial charge < -0.3 is 5.32 Å². The molecule has 0 radical (unpaired) electrons. The van der Waals surface area contributed by atoms with Crippen LogP contribution in [0.5, 0.6) is 0 Å². The van der Waals surface area contributed by atoms with Crippen LogP contribution in [0.15, 0.2) is 18.2 Å². The van der Waals surface area contributed by atoms with Crippen LogP contribution in [0.2, 0.25) is 0 Å². The summed E-state index contributed by atoms with van der Waals surface area (Å²) in [6.07, 6.45) is 2.08. The molecule has 1 aliphatic heterocycles. The van der Waals surface area contributed by atoms with E-state index in [4.69, 9.17) is 0 Å². The summed E-state index contributed by atoms with van der Waals surface area (Å²) in [5.41, 5.74) is 3.40. The van der Waals surface area contributed by atoms with Gasteiger partial charge >= 0.3 is 0 Å². The molecule has 1 heterocycles. The van der Waals surface area contributed by atoms with Gasteiger partial charge in [0.15, 0.2) is 5.78 Å². The van der Waals surface area contributed by atoms with Gasteiger partial charge in [0.2, 0.25) is 0 Å². The molecule has 0 saturated carbocycles. The Hall–Kier alpha value is -1.15. The van der Waals surface area contributed by atoms with Crippen LogP contribution >= 0.6 is 0 Å². The molecule has 1 unspecified atom stereocenters. The van der Waals surface area contributed by atoms with Gasteiger partial charge in [-0.1, -0.05) is 39.0 Å². The van der Waals surface area contributed by atoms with Gasteiger partial charge in [0, 0.05) is 5.56 Å². The highest BCUT2D eigenvalue weighted by atomic mass is 16.1. The molecule has 1 N–H and O–H groups in total. The number of Topliss-reactive ketones (excluding diaryl/α,β-unsaturated/α-hetero) is 1. The predicted octanol–water partition coefficient (Wildman–Crippen LogP) is 3.23. The third-order valence-electron chi connectivity index (χ3n) is 3.73. The first-order valence-electron chi connectivity index (χ1n) is 6.78. The minimum Gasteiger partial charge on any atom is -0.307 e. The number of benzene rings is 1. The molecule has 18 heavy (non-hydrogen) atoms. The number of ketones is 1. The van der Waals surface area contributed by atoms with Gasteiger partial charge in [-0.3, -0.25) is 4.79 Å². The first-order valence-corrected chi connectivity index (χ1v) is 6.78. The molecule has 1 aromatic rings. The minimum atomic E-state index is 0.0317. The van der Waals surface area contributed by atoms with E-state index in [-0.39, 0.29) is 17.2 Å². The van der Waals surface area contributed by atoms with Crippen molar-refractivity contribution in [1.82, 2.24) is 5.32 Å². The van der Waals surface area contributed by atoms with Crippen molar-refractivity contribution in [2.45, 2.75) is 52.0 Å². The van der Waals surface area contributed by atoms with E-state index < -0.39 is 0 Å². The Bertz CT molecular complexity index is 451. The van der Waals surface area contributed by atoms with Crippen LogP contribution in [0.25, 0.3) is 0 Å². The van der Waals surface area contributed by atoms with E-state index >= 15 is 0 Å². The highest BCUT2D eigenvalue weighted by molar-refractivity contribution is 6.01. The van der Waals surface area contributed by atoms with Gasteiger partial charge in [0.1, 0.15) is 0 Å². The van der Waals surface area contributed by atoms with E-state index in [2.05, 4.69) is 38.2 Å². The lowest BCUT2D eigenvalue weighted by Gasteiger charge is -2.21. The molecule has 1 atom stereocenters. The number of carbonyl (C=O) groups is 1. The minimum absolute atomic E-state index is 0.0317. The Balaban J connectivity index is 2.27. The van der Waals surface area contributed by atoms with Crippen LogP contribution in [-0.2, 0) is 5.41 Å². The third kappa shape index (κ3) is 2.64. The highest BCUT2D eigenvalue weighted by Gasteiger charge is 2.25. The molecule has 0 bridgehead atoms. The topological polar surface area (TPSA) is 29.1 Å². The zero-order valence-electron chi connectivity index (χ0n) is 11.8. The zero-order chi connectivity index (χ0) is 13.3. The van der Waals surface area contributed by atoms with Crippen molar-refractivity contribution in [3.8, 4) is 0 Å². The summed E-state index contributed by atoms with van der Waals surface area (Å²) in [7, 11) is 0. The van der Waals surface area contributed by atoms with Crippen LogP contribution in [-0.4, -0.2) is 18.4 Å². The van der Waals surface area contributed by atoms with Gasteiger partial charge in [-0.15, -0.1) is 0 Å². The number of nitrogens with one attached hydrogen (secondary N) is 1. The zero-order valence-corrected chi connectivity index (χ0v) is 11.8. The van der Waals surface area contributed by atoms with Gasteiger partial charge in [0.05, 0.1) is 6.04 Å². The predicted molar refractivity (Wildman–Crippen MR) is 75.2 cm³/mol. The molecule has 0 amide bonds. The van der Waals surface area contributed by atoms with Gasteiger partial charge in [-0.05, 0) is 42.9 Å². The molecule has 1 saturated heterocycles. The molecule has 2 rings (SSSR count). The Morgan fingerprint density at radius 1 is 1.33 bits per heavy atom. The summed E-state index contributed by atoms with van der Waals surface area (Å²) in [5.74, 6) is 0.255. The summed E-state index contributed by atoms with van der Waals surface area (Å²) in [6.45, 7) is 9.60. The first-order chi connectivity index (χ1) is 8.39. The maximum atomic E-state index is 12.4. The van der Waals surface area contributed by atoms with Crippen LogP contribution in [0.1, 0.15) is 55.1 Å². The smallest absolute Gasteiger partial charge is 0.179 e. The summed E-state index contributed by atoms with van der Waals surface area (Å²) >= 11 is 0. The average Bonchev–Trinajstić information content (AvgIpc) is 2.80. The molecule has 2 heteroatoms. The average molecular weight is 245 g/mol. The number of hydrogen-bond acceptors (Lipinski definition) is 2. The fourth-order valence-corrected chi connectivity index (χ4v) is 2.50. The summed E-state index contributed by atoms with van der Waals surface area (Å²) < 4.78 is 0. The molecule has 2 nitrogen and oxygen atoms in total. The fourth-order valence-electron chi connectivity index (χ4n) is 2.50. The molecule has 0 aromatic heterocycles. The molecular formula is C16H23NO. The second-order valence-corrected chi connectivity index (χ2v) is 6.29. The Labute approximate surface area is 110 Å². The van der Waals surface area contributed by atoms with Crippen LogP contribution in [0.4, 0.5) is 0 Å². The highest BCUT2D eigenvalue weighted by Crippen LogP contribution is 2.25. The number of rotatable bonds is 2. The van der Waals surface area contributed by atoms with E-state index in [9.17, 15) is 4.79 Å².